The Hall–Kier alpha value is -2.45. The lowest BCUT2D eigenvalue weighted by Crippen LogP contribution is -1.83. The highest BCUT2D eigenvalue weighted by molar-refractivity contribution is 9.10. The van der Waals surface area contributed by atoms with E-state index in [9.17, 15) is 0 Å². The van der Waals surface area contributed by atoms with Crippen LogP contribution in [0.15, 0.2) is 67.2 Å². The molecule has 0 spiro atoms. The summed E-state index contributed by atoms with van der Waals surface area (Å²) < 4.78 is 12.0. The van der Waals surface area contributed by atoms with Crippen LogP contribution in [0.5, 0.6) is 0 Å². The monoisotopic (exact) mass is 428 g/mol. The molecule has 0 aliphatic carbocycles. The Bertz CT molecular complexity index is 929. The van der Waals surface area contributed by atoms with Gasteiger partial charge in [-0.2, -0.15) is 4.98 Å². The van der Waals surface area contributed by atoms with Crippen molar-refractivity contribution < 1.29 is 8.94 Å². The normalized spacial score (nSPS) is 11.0. The van der Waals surface area contributed by atoms with E-state index in [0.29, 0.717) is 28.6 Å². The van der Waals surface area contributed by atoms with Crippen LogP contribution in [0.3, 0.4) is 0 Å². The standard InChI is InChI=1S/C18H13BrN4O2S/c1-11-2-4-12(5-3-11)16-20-15(25-23-16)10-26-18-22-21-17(24-18)13-6-8-14(19)9-7-13/h2-9H,10H2,1H3. The molecule has 0 amide bonds. The number of aromatic nitrogens is 4. The van der Waals surface area contributed by atoms with E-state index in [0.717, 1.165) is 15.6 Å². The molecule has 26 heavy (non-hydrogen) atoms. The predicted octanol–water partition coefficient (Wildman–Crippen LogP) is 5.15. The van der Waals surface area contributed by atoms with Crippen molar-refractivity contribution >= 4 is 27.7 Å². The molecule has 0 aliphatic heterocycles. The van der Waals surface area contributed by atoms with Gasteiger partial charge >= 0.3 is 0 Å². The van der Waals surface area contributed by atoms with Gasteiger partial charge in [0.1, 0.15) is 0 Å². The lowest BCUT2D eigenvalue weighted by atomic mass is 10.1. The van der Waals surface area contributed by atoms with Gasteiger partial charge in [0.2, 0.25) is 17.6 Å². The summed E-state index contributed by atoms with van der Waals surface area (Å²) in [6, 6.07) is 15.7. The first-order valence-corrected chi connectivity index (χ1v) is 9.57. The molecule has 0 radical (unpaired) electrons. The molecule has 0 bridgehead atoms. The van der Waals surface area contributed by atoms with Crippen molar-refractivity contribution in [1.82, 2.24) is 20.3 Å². The van der Waals surface area contributed by atoms with Gasteiger partial charge < -0.3 is 8.94 Å². The largest absolute Gasteiger partial charge is 0.411 e. The lowest BCUT2D eigenvalue weighted by Gasteiger charge is -1.95. The van der Waals surface area contributed by atoms with Crippen LogP contribution >= 0.6 is 27.7 Å². The molecule has 0 unspecified atom stereocenters. The molecule has 0 aliphatic rings. The van der Waals surface area contributed by atoms with Crippen LogP contribution in [0.4, 0.5) is 0 Å². The molecule has 6 nitrogen and oxygen atoms in total. The maximum Gasteiger partial charge on any atom is 0.277 e. The molecular weight excluding hydrogens is 416 g/mol. The van der Waals surface area contributed by atoms with Crippen molar-refractivity contribution in [3.8, 4) is 22.8 Å². The lowest BCUT2D eigenvalue weighted by molar-refractivity contribution is 0.391. The zero-order valence-corrected chi connectivity index (χ0v) is 16.1. The molecule has 4 rings (SSSR count). The Balaban J connectivity index is 1.42. The Kier molecular flexibility index (Phi) is 4.85. The Morgan fingerprint density at radius 1 is 0.962 bits per heavy atom. The third kappa shape index (κ3) is 3.86. The van der Waals surface area contributed by atoms with Crippen LogP contribution < -0.4 is 0 Å². The highest BCUT2D eigenvalue weighted by Crippen LogP contribution is 2.27. The number of aryl methyl sites for hydroxylation is 1. The topological polar surface area (TPSA) is 77.8 Å². The zero-order valence-electron chi connectivity index (χ0n) is 13.7. The van der Waals surface area contributed by atoms with E-state index in [1.165, 1.54) is 17.3 Å². The van der Waals surface area contributed by atoms with Crippen molar-refractivity contribution in [1.29, 1.82) is 0 Å². The Morgan fingerprint density at radius 2 is 1.69 bits per heavy atom. The van der Waals surface area contributed by atoms with Gasteiger partial charge in [-0.25, -0.2) is 0 Å². The highest BCUT2D eigenvalue weighted by atomic mass is 79.9. The van der Waals surface area contributed by atoms with Crippen LogP contribution in [0.1, 0.15) is 11.5 Å². The number of hydrogen-bond donors (Lipinski definition) is 0. The minimum atomic E-state index is 0.456. The number of benzene rings is 2. The molecule has 130 valence electrons. The summed E-state index contributed by atoms with van der Waals surface area (Å²) in [7, 11) is 0. The molecule has 2 heterocycles. The van der Waals surface area contributed by atoms with Crippen molar-refractivity contribution in [2.24, 2.45) is 0 Å². The molecule has 0 saturated heterocycles. The first kappa shape index (κ1) is 17.0. The Labute approximate surface area is 162 Å². The molecule has 2 aromatic heterocycles. The van der Waals surface area contributed by atoms with Crippen LogP contribution in [-0.4, -0.2) is 20.3 Å². The second-order valence-corrected chi connectivity index (χ2v) is 7.39. The van der Waals surface area contributed by atoms with Crippen LogP contribution in [0, 0.1) is 6.92 Å². The SMILES string of the molecule is Cc1ccc(-c2noc(CSc3nnc(-c4ccc(Br)cc4)o3)n2)cc1. The number of halogens is 1. The fourth-order valence-corrected chi connectivity index (χ4v) is 3.10. The van der Waals surface area contributed by atoms with Gasteiger partial charge in [0.25, 0.3) is 5.22 Å². The fourth-order valence-electron chi connectivity index (χ4n) is 2.23. The van der Waals surface area contributed by atoms with Crippen LogP contribution in [-0.2, 0) is 5.75 Å². The Morgan fingerprint density at radius 3 is 2.46 bits per heavy atom. The summed E-state index contributed by atoms with van der Waals surface area (Å²) in [5.41, 5.74) is 2.98. The van der Waals surface area contributed by atoms with Crippen molar-refractivity contribution in [2.45, 2.75) is 17.9 Å². The smallest absolute Gasteiger partial charge is 0.277 e. The molecule has 0 fully saturated rings. The maximum atomic E-state index is 5.67. The minimum Gasteiger partial charge on any atom is -0.411 e. The van der Waals surface area contributed by atoms with E-state index in [1.807, 2.05) is 55.5 Å². The zero-order chi connectivity index (χ0) is 17.9. The van der Waals surface area contributed by atoms with Crippen molar-refractivity contribution in [3.05, 3.63) is 64.5 Å². The molecule has 0 atom stereocenters. The van der Waals surface area contributed by atoms with Crippen LogP contribution in [0.2, 0.25) is 0 Å². The quantitative estimate of drug-likeness (QED) is 0.406. The van der Waals surface area contributed by atoms with Gasteiger partial charge in [0, 0.05) is 15.6 Å². The van der Waals surface area contributed by atoms with E-state index >= 15 is 0 Å². The number of thioether (sulfide) groups is 1. The first-order chi connectivity index (χ1) is 12.7. The van der Waals surface area contributed by atoms with Gasteiger partial charge in [0.15, 0.2) is 0 Å². The van der Waals surface area contributed by atoms with Gasteiger partial charge in [-0.05, 0) is 31.2 Å². The first-order valence-electron chi connectivity index (χ1n) is 7.79. The van der Waals surface area contributed by atoms with Crippen LogP contribution in [0.25, 0.3) is 22.8 Å². The molecule has 2 aromatic carbocycles. The fraction of sp³-hybridized carbons (Fsp3) is 0.111. The van der Waals surface area contributed by atoms with E-state index in [1.54, 1.807) is 0 Å². The molecule has 8 heteroatoms. The highest BCUT2D eigenvalue weighted by Gasteiger charge is 2.13. The van der Waals surface area contributed by atoms with E-state index in [2.05, 4.69) is 36.3 Å². The summed E-state index contributed by atoms with van der Waals surface area (Å²) in [5, 5.41) is 12.6. The molecule has 4 aromatic rings. The van der Waals surface area contributed by atoms with E-state index in [4.69, 9.17) is 8.94 Å². The summed E-state index contributed by atoms with van der Waals surface area (Å²) in [6.07, 6.45) is 0. The van der Waals surface area contributed by atoms with Gasteiger partial charge in [-0.3, -0.25) is 0 Å². The second-order valence-electron chi connectivity index (χ2n) is 5.55. The summed E-state index contributed by atoms with van der Waals surface area (Å²) in [4.78, 5) is 4.41. The summed E-state index contributed by atoms with van der Waals surface area (Å²) in [5.74, 6) is 2.02. The van der Waals surface area contributed by atoms with E-state index < -0.39 is 0 Å². The molecule has 0 N–H and O–H groups in total. The second kappa shape index (κ2) is 7.43. The van der Waals surface area contributed by atoms with Gasteiger partial charge in [0.05, 0.1) is 5.75 Å². The van der Waals surface area contributed by atoms with E-state index in [-0.39, 0.29) is 0 Å². The molecule has 0 saturated carbocycles. The number of nitrogens with zero attached hydrogens (tertiary/aromatic N) is 4. The maximum absolute atomic E-state index is 5.67. The third-order valence-corrected chi connectivity index (χ3v) is 4.93. The minimum absolute atomic E-state index is 0.456. The predicted molar refractivity (Wildman–Crippen MR) is 101 cm³/mol. The number of hydrogen-bond acceptors (Lipinski definition) is 7. The summed E-state index contributed by atoms with van der Waals surface area (Å²) in [6.45, 7) is 2.04. The third-order valence-electron chi connectivity index (χ3n) is 3.59. The average Bonchev–Trinajstić information content (AvgIpc) is 3.31. The van der Waals surface area contributed by atoms with Crippen molar-refractivity contribution in [2.75, 3.05) is 0 Å². The average molecular weight is 429 g/mol. The van der Waals surface area contributed by atoms with Crippen molar-refractivity contribution in [3.63, 3.8) is 0 Å². The van der Waals surface area contributed by atoms with Gasteiger partial charge in [-0.1, -0.05) is 62.7 Å². The molecular formula is C18H13BrN4O2S. The number of rotatable bonds is 5. The summed E-state index contributed by atoms with van der Waals surface area (Å²) >= 11 is 4.76. The van der Waals surface area contributed by atoms with Gasteiger partial charge in [-0.15, -0.1) is 10.2 Å².